The van der Waals surface area contributed by atoms with E-state index in [2.05, 4.69) is 69.7 Å². The van der Waals surface area contributed by atoms with Gasteiger partial charge in [-0.25, -0.2) is 0 Å². The van der Waals surface area contributed by atoms with Crippen LogP contribution in [0.1, 0.15) is 29.2 Å². The van der Waals surface area contributed by atoms with Crippen molar-refractivity contribution in [2.75, 3.05) is 32.7 Å². The van der Waals surface area contributed by atoms with E-state index in [1.807, 2.05) is 36.4 Å². The van der Waals surface area contributed by atoms with E-state index in [9.17, 15) is 4.79 Å². The molecule has 1 aliphatic heterocycles. The zero-order valence-electron chi connectivity index (χ0n) is 18.0. The molecule has 0 atom stereocenters. The molecule has 1 fully saturated rings. The molecule has 0 unspecified atom stereocenters. The molecule has 31 heavy (non-hydrogen) atoms. The van der Waals surface area contributed by atoms with Crippen LogP contribution in [0.4, 0.5) is 0 Å². The summed E-state index contributed by atoms with van der Waals surface area (Å²) in [6, 6.07) is 30.9. The second-order valence-corrected chi connectivity index (χ2v) is 8.21. The van der Waals surface area contributed by atoms with Gasteiger partial charge in [0.1, 0.15) is 0 Å². The Morgan fingerprint density at radius 1 is 0.710 bits per heavy atom. The fourth-order valence-electron chi connectivity index (χ4n) is 4.24. The van der Waals surface area contributed by atoms with Crippen LogP contribution in [-0.2, 0) is 11.3 Å². The van der Waals surface area contributed by atoms with E-state index in [0.29, 0.717) is 6.54 Å². The van der Waals surface area contributed by atoms with Crippen LogP contribution < -0.4 is 5.32 Å². The number of hydrogen-bond acceptors (Lipinski definition) is 3. The lowest BCUT2D eigenvalue weighted by atomic mass is 9.99. The lowest BCUT2D eigenvalue weighted by Crippen LogP contribution is -2.40. The van der Waals surface area contributed by atoms with E-state index in [-0.39, 0.29) is 11.9 Å². The molecule has 4 rings (SSSR count). The molecule has 4 heteroatoms. The molecule has 0 aliphatic carbocycles. The topological polar surface area (TPSA) is 35.6 Å². The quantitative estimate of drug-likeness (QED) is 0.633. The second-order valence-electron chi connectivity index (χ2n) is 8.21. The molecule has 1 heterocycles. The van der Waals surface area contributed by atoms with E-state index < -0.39 is 0 Å². The van der Waals surface area contributed by atoms with Crippen molar-refractivity contribution in [2.24, 2.45) is 0 Å². The van der Waals surface area contributed by atoms with Gasteiger partial charge in [-0.3, -0.25) is 14.6 Å². The van der Waals surface area contributed by atoms with Crippen LogP contribution in [0.25, 0.3) is 0 Å². The van der Waals surface area contributed by atoms with Gasteiger partial charge in [0.15, 0.2) is 0 Å². The third-order valence-electron chi connectivity index (χ3n) is 5.87. The SMILES string of the molecule is O=C(CN1CCCN(Cc2ccccc2)CC1)NC(c1ccccc1)c1ccccc1. The largest absolute Gasteiger partial charge is 0.344 e. The summed E-state index contributed by atoms with van der Waals surface area (Å²) in [6.45, 7) is 5.36. The predicted molar refractivity (Wildman–Crippen MR) is 126 cm³/mol. The fraction of sp³-hybridized carbons (Fsp3) is 0.296. The summed E-state index contributed by atoms with van der Waals surface area (Å²) < 4.78 is 0. The van der Waals surface area contributed by atoms with Crippen molar-refractivity contribution in [1.82, 2.24) is 15.1 Å². The van der Waals surface area contributed by atoms with Crippen LogP contribution in [0.5, 0.6) is 0 Å². The van der Waals surface area contributed by atoms with E-state index >= 15 is 0 Å². The minimum absolute atomic E-state index is 0.0780. The molecule has 1 N–H and O–H groups in total. The van der Waals surface area contributed by atoms with Gasteiger partial charge in [0.25, 0.3) is 0 Å². The summed E-state index contributed by atoms with van der Waals surface area (Å²) >= 11 is 0. The normalized spacial score (nSPS) is 15.5. The number of hydrogen-bond donors (Lipinski definition) is 1. The number of nitrogens with one attached hydrogen (secondary N) is 1. The van der Waals surface area contributed by atoms with Crippen molar-refractivity contribution < 1.29 is 4.79 Å². The number of carbonyl (C=O) groups excluding carboxylic acids is 1. The van der Waals surface area contributed by atoms with Crippen molar-refractivity contribution in [3.05, 3.63) is 108 Å². The van der Waals surface area contributed by atoms with Gasteiger partial charge in [-0.1, -0.05) is 91.0 Å². The smallest absolute Gasteiger partial charge is 0.234 e. The minimum atomic E-state index is -0.128. The molecule has 1 aliphatic rings. The van der Waals surface area contributed by atoms with Gasteiger partial charge in [-0.2, -0.15) is 0 Å². The number of benzene rings is 3. The summed E-state index contributed by atoms with van der Waals surface area (Å²) in [5.74, 6) is 0.0780. The fourth-order valence-corrected chi connectivity index (χ4v) is 4.24. The molecule has 0 bridgehead atoms. The van der Waals surface area contributed by atoms with E-state index in [1.54, 1.807) is 0 Å². The van der Waals surface area contributed by atoms with Gasteiger partial charge < -0.3 is 5.32 Å². The first-order valence-corrected chi connectivity index (χ1v) is 11.2. The summed E-state index contributed by atoms with van der Waals surface area (Å²) in [4.78, 5) is 17.8. The molecule has 1 saturated heterocycles. The van der Waals surface area contributed by atoms with Gasteiger partial charge >= 0.3 is 0 Å². The Kier molecular flexibility index (Phi) is 7.48. The summed E-state index contributed by atoms with van der Waals surface area (Å²) in [5.41, 5.74) is 3.56. The molecule has 3 aromatic rings. The first kappa shape index (κ1) is 21.3. The van der Waals surface area contributed by atoms with Crippen molar-refractivity contribution in [1.29, 1.82) is 0 Å². The lowest BCUT2D eigenvalue weighted by molar-refractivity contribution is -0.122. The Hall–Kier alpha value is -2.95. The Balaban J connectivity index is 1.35. The highest BCUT2D eigenvalue weighted by atomic mass is 16.2. The first-order chi connectivity index (χ1) is 15.3. The standard InChI is InChI=1S/C27H31N3O/c31-26(28-27(24-13-6-2-7-14-24)25-15-8-3-9-16-25)22-30-18-10-17-29(19-20-30)21-23-11-4-1-5-12-23/h1-9,11-16,27H,10,17-22H2,(H,28,31). The minimum Gasteiger partial charge on any atom is -0.344 e. The number of nitrogens with zero attached hydrogens (tertiary/aromatic N) is 2. The average Bonchev–Trinajstić information content (AvgIpc) is 3.04. The summed E-state index contributed by atoms with van der Waals surface area (Å²) in [7, 11) is 0. The molecule has 3 aromatic carbocycles. The molecular formula is C27H31N3O. The van der Waals surface area contributed by atoms with Gasteiger partial charge in [0, 0.05) is 19.6 Å². The monoisotopic (exact) mass is 413 g/mol. The van der Waals surface area contributed by atoms with Gasteiger partial charge in [-0.05, 0) is 36.2 Å². The van der Waals surface area contributed by atoms with Gasteiger partial charge in [0.2, 0.25) is 5.91 Å². The molecule has 0 spiro atoms. The Bertz CT molecular complexity index is 891. The zero-order chi connectivity index (χ0) is 21.3. The molecular weight excluding hydrogens is 382 g/mol. The molecule has 0 radical (unpaired) electrons. The Morgan fingerprint density at radius 2 is 1.23 bits per heavy atom. The molecule has 0 saturated carbocycles. The highest BCUT2D eigenvalue weighted by Crippen LogP contribution is 2.21. The van der Waals surface area contributed by atoms with Crippen molar-refractivity contribution in [2.45, 2.75) is 19.0 Å². The molecule has 4 nitrogen and oxygen atoms in total. The summed E-state index contributed by atoms with van der Waals surface area (Å²) in [6.07, 6.45) is 1.08. The van der Waals surface area contributed by atoms with E-state index in [0.717, 1.165) is 50.3 Å². The van der Waals surface area contributed by atoms with Crippen LogP contribution in [0, 0.1) is 0 Å². The van der Waals surface area contributed by atoms with Crippen molar-refractivity contribution in [3.63, 3.8) is 0 Å². The van der Waals surface area contributed by atoms with Gasteiger partial charge in [-0.15, -0.1) is 0 Å². The number of rotatable bonds is 7. The Labute approximate surface area is 185 Å². The Morgan fingerprint density at radius 3 is 1.84 bits per heavy atom. The van der Waals surface area contributed by atoms with Gasteiger partial charge in [0.05, 0.1) is 12.6 Å². The van der Waals surface area contributed by atoms with Crippen LogP contribution in [0.2, 0.25) is 0 Å². The van der Waals surface area contributed by atoms with Crippen LogP contribution >= 0.6 is 0 Å². The maximum absolute atomic E-state index is 13.0. The maximum Gasteiger partial charge on any atom is 0.234 e. The van der Waals surface area contributed by atoms with Crippen molar-refractivity contribution >= 4 is 5.91 Å². The van der Waals surface area contributed by atoms with Crippen LogP contribution in [-0.4, -0.2) is 48.4 Å². The average molecular weight is 414 g/mol. The number of amides is 1. The molecule has 160 valence electrons. The summed E-state index contributed by atoms with van der Waals surface area (Å²) in [5, 5.41) is 3.27. The van der Waals surface area contributed by atoms with Crippen molar-refractivity contribution in [3.8, 4) is 0 Å². The highest BCUT2D eigenvalue weighted by Gasteiger charge is 2.20. The zero-order valence-corrected chi connectivity index (χ0v) is 18.0. The molecule has 0 aromatic heterocycles. The lowest BCUT2D eigenvalue weighted by Gasteiger charge is -2.24. The molecule has 1 amide bonds. The highest BCUT2D eigenvalue weighted by molar-refractivity contribution is 5.79. The van der Waals surface area contributed by atoms with Crippen LogP contribution in [0.15, 0.2) is 91.0 Å². The van der Waals surface area contributed by atoms with E-state index in [1.165, 1.54) is 5.56 Å². The van der Waals surface area contributed by atoms with Crippen LogP contribution in [0.3, 0.4) is 0 Å². The third-order valence-corrected chi connectivity index (χ3v) is 5.87. The predicted octanol–water partition coefficient (Wildman–Crippen LogP) is 4.10. The number of carbonyl (C=O) groups is 1. The van der Waals surface area contributed by atoms with E-state index in [4.69, 9.17) is 0 Å². The third kappa shape index (κ3) is 6.27. The first-order valence-electron chi connectivity index (χ1n) is 11.2. The maximum atomic E-state index is 13.0. The second kappa shape index (κ2) is 10.9.